The highest BCUT2D eigenvalue weighted by molar-refractivity contribution is 7.84. The van der Waals surface area contributed by atoms with Gasteiger partial charge in [-0.3, -0.25) is 18.4 Å². The van der Waals surface area contributed by atoms with Crippen LogP contribution in [0.2, 0.25) is 0 Å². The predicted molar refractivity (Wildman–Crippen MR) is 184 cm³/mol. The number of hydrogen-bond donors (Lipinski definition) is 2. The van der Waals surface area contributed by atoms with Gasteiger partial charge in [-0.2, -0.15) is 13.2 Å². The molecule has 0 radical (unpaired) electrons. The summed E-state index contributed by atoms with van der Waals surface area (Å²) in [6.45, 7) is 3.37. The van der Waals surface area contributed by atoms with Gasteiger partial charge in [-0.05, 0) is 50.2 Å². The maximum atomic E-state index is 12.7. The number of ether oxygens (including phenoxy) is 3. The molecule has 16 heteroatoms. The molecule has 2 aromatic carbocycles. The molecule has 0 aliphatic heterocycles. The molecule has 6 aromatic rings. The molecule has 2 N–H and O–H groups in total. The number of methoxy groups -OCH3 is 1. The van der Waals surface area contributed by atoms with Crippen LogP contribution in [0.4, 0.5) is 13.2 Å². The van der Waals surface area contributed by atoms with Crippen molar-refractivity contribution in [3.63, 3.8) is 0 Å². The lowest BCUT2D eigenvalue weighted by molar-refractivity contribution is -0.153. The number of imidazole rings is 2. The van der Waals surface area contributed by atoms with Crippen molar-refractivity contribution in [1.29, 1.82) is 0 Å². The Kier molecular flexibility index (Phi) is 12.3. The summed E-state index contributed by atoms with van der Waals surface area (Å²) in [7, 11) is -1.14. The van der Waals surface area contributed by atoms with E-state index >= 15 is 0 Å². The first-order valence-electron chi connectivity index (χ1n) is 15.4. The molecule has 264 valence electrons. The van der Waals surface area contributed by atoms with Crippen LogP contribution < -0.4 is 9.47 Å². The number of H-pyrrole nitrogens is 2. The highest BCUT2D eigenvalue weighted by Crippen LogP contribution is 2.25. The largest absolute Gasteiger partial charge is 0.493 e. The highest BCUT2D eigenvalue weighted by Gasteiger charge is 2.29. The molecule has 0 saturated heterocycles. The van der Waals surface area contributed by atoms with E-state index in [4.69, 9.17) is 14.2 Å². The van der Waals surface area contributed by atoms with E-state index in [1.165, 1.54) is 12.3 Å². The topological polar surface area (TPSA) is 145 Å². The predicted octanol–water partition coefficient (Wildman–Crippen LogP) is 6.50. The molecule has 4 heterocycles. The first-order valence-corrected chi connectivity index (χ1v) is 18.0. The molecule has 6 rings (SSSR count). The Balaban J connectivity index is 0.000000194. The summed E-state index contributed by atoms with van der Waals surface area (Å²) >= 11 is 0. The molecule has 0 fully saturated rings. The average molecular weight is 729 g/mol. The highest BCUT2D eigenvalue weighted by atomic mass is 32.2. The van der Waals surface area contributed by atoms with Gasteiger partial charge in [-0.25, -0.2) is 9.97 Å². The molecular formula is C34H35F3N6O5S2. The quantitative estimate of drug-likeness (QED) is 0.127. The Hall–Kier alpha value is -4.67. The molecule has 0 saturated carbocycles. The number of hydrogen-bond acceptors (Lipinski definition) is 9. The maximum absolute atomic E-state index is 12.7. The number of alkyl halides is 3. The number of nitrogens with zero attached hydrogens (tertiary/aromatic N) is 4. The van der Waals surface area contributed by atoms with Crippen molar-refractivity contribution in [3.8, 4) is 11.5 Å². The fraction of sp³-hybridized carbons (Fsp3) is 0.294. The summed E-state index contributed by atoms with van der Waals surface area (Å²) in [6.07, 6.45) is -0.584. The van der Waals surface area contributed by atoms with E-state index in [0.717, 1.165) is 40.0 Å². The molecule has 0 amide bonds. The standard InChI is InChI=1S/C18H21N3O3S.C16H14F3N3O2S/c1-13-16(19-9-8-17(13)24-11-5-10-23-2)12-25(22)18-20-14-6-3-4-7-15(14)21-18;1-10-13(20-7-6-14(10)24-9-16(17,18)19)8-25(23)15-21-11-4-2-3-5-12(11)22-15/h3-4,6-9H,5,10-12H2,1-2H3,(H,20,21);2-7H,8-9H2,1H3,(H,21,22). The number of aromatic amines is 2. The van der Waals surface area contributed by atoms with Gasteiger partial charge >= 0.3 is 6.18 Å². The summed E-state index contributed by atoms with van der Waals surface area (Å²) < 4.78 is 77.7. The normalized spacial score (nSPS) is 12.8. The van der Waals surface area contributed by atoms with Gasteiger partial charge < -0.3 is 24.2 Å². The third-order valence-electron chi connectivity index (χ3n) is 7.36. The van der Waals surface area contributed by atoms with Crippen LogP contribution in [0, 0.1) is 13.8 Å². The van der Waals surface area contributed by atoms with Gasteiger partial charge in [-0.15, -0.1) is 0 Å². The van der Waals surface area contributed by atoms with Crippen LogP contribution in [0.25, 0.3) is 22.1 Å². The number of aromatic nitrogens is 6. The van der Waals surface area contributed by atoms with Gasteiger partial charge in [0.15, 0.2) is 16.9 Å². The number of halogens is 3. The molecule has 11 nitrogen and oxygen atoms in total. The van der Waals surface area contributed by atoms with Gasteiger partial charge in [0.2, 0.25) is 0 Å². The first-order chi connectivity index (χ1) is 24.0. The van der Waals surface area contributed by atoms with Crippen LogP contribution in [-0.4, -0.2) is 71.4 Å². The third-order valence-corrected chi connectivity index (χ3v) is 9.68. The monoisotopic (exact) mass is 728 g/mol. The molecule has 0 aliphatic rings. The minimum Gasteiger partial charge on any atom is -0.493 e. The molecule has 4 aromatic heterocycles. The Morgan fingerprint density at radius 2 is 1.18 bits per heavy atom. The Bertz CT molecular complexity index is 2040. The molecule has 0 spiro atoms. The van der Waals surface area contributed by atoms with Crippen molar-refractivity contribution >= 4 is 43.7 Å². The zero-order valence-electron chi connectivity index (χ0n) is 27.5. The third kappa shape index (κ3) is 9.73. The Morgan fingerprint density at radius 1 is 0.700 bits per heavy atom. The maximum Gasteiger partial charge on any atom is 0.422 e. The van der Waals surface area contributed by atoms with Gasteiger partial charge in [-0.1, -0.05) is 24.3 Å². The summed E-state index contributed by atoms with van der Waals surface area (Å²) in [4.78, 5) is 23.2. The lowest BCUT2D eigenvalue weighted by Crippen LogP contribution is -2.19. The van der Waals surface area contributed by atoms with Gasteiger partial charge in [0.05, 0.1) is 73.2 Å². The van der Waals surface area contributed by atoms with Crippen molar-refractivity contribution in [1.82, 2.24) is 29.9 Å². The van der Waals surface area contributed by atoms with Crippen LogP contribution in [0.15, 0.2) is 83.4 Å². The van der Waals surface area contributed by atoms with Crippen molar-refractivity contribution in [3.05, 3.63) is 95.6 Å². The van der Waals surface area contributed by atoms with Gasteiger partial charge in [0.25, 0.3) is 0 Å². The van der Waals surface area contributed by atoms with Crippen LogP contribution in [0.1, 0.15) is 28.9 Å². The van der Waals surface area contributed by atoms with Crippen LogP contribution in [-0.2, 0) is 37.8 Å². The number of fused-ring (bicyclic) bond motifs is 2. The number of pyridine rings is 2. The summed E-state index contributed by atoms with van der Waals surface area (Å²) in [5.74, 6) is 1.15. The Labute approximate surface area is 291 Å². The fourth-order valence-electron chi connectivity index (χ4n) is 4.73. The number of para-hydroxylation sites is 4. The van der Waals surface area contributed by atoms with E-state index in [0.29, 0.717) is 46.1 Å². The molecule has 0 aliphatic carbocycles. The van der Waals surface area contributed by atoms with E-state index in [1.54, 1.807) is 26.3 Å². The van der Waals surface area contributed by atoms with Crippen molar-refractivity contribution in [2.45, 2.75) is 48.3 Å². The molecule has 2 atom stereocenters. The van der Waals surface area contributed by atoms with Crippen molar-refractivity contribution < 1.29 is 35.8 Å². The van der Waals surface area contributed by atoms with Gasteiger partial charge in [0, 0.05) is 43.7 Å². The SMILES string of the molecule is COCCCOc1ccnc(CS(=O)c2nc3ccccc3[nH]2)c1C.Cc1c(OCC(F)(F)F)ccnc1CS(=O)c1nc2ccccc2[nH]1. The van der Waals surface area contributed by atoms with E-state index in [2.05, 4.69) is 29.9 Å². The molecule has 0 bridgehead atoms. The van der Waals surface area contributed by atoms with E-state index in [9.17, 15) is 21.6 Å². The number of rotatable bonds is 13. The van der Waals surface area contributed by atoms with Crippen LogP contribution >= 0.6 is 0 Å². The summed E-state index contributed by atoms with van der Waals surface area (Å²) in [5, 5.41) is 0.762. The zero-order valence-corrected chi connectivity index (χ0v) is 29.1. The number of nitrogens with one attached hydrogen (secondary N) is 2. The second-order valence-corrected chi connectivity index (χ2v) is 13.7. The lowest BCUT2D eigenvalue weighted by atomic mass is 10.2. The van der Waals surface area contributed by atoms with Crippen LogP contribution in [0.3, 0.4) is 0 Å². The van der Waals surface area contributed by atoms with Crippen molar-refractivity contribution in [2.75, 3.05) is 26.9 Å². The van der Waals surface area contributed by atoms with Crippen LogP contribution in [0.5, 0.6) is 11.5 Å². The van der Waals surface area contributed by atoms with Crippen molar-refractivity contribution in [2.24, 2.45) is 0 Å². The molecule has 50 heavy (non-hydrogen) atoms. The minimum atomic E-state index is -4.42. The smallest absolute Gasteiger partial charge is 0.422 e. The van der Waals surface area contributed by atoms with E-state index in [1.807, 2.05) is 55.5 Å². The lowest BCUT2D eigenvalue weighted by Gasteiger charge is -2.13. The first kappa shape index (κ1) is 36.6. The van der Waals surface area contributed by atoms with E-state index < -0.39 is 34.4 Å². The summed E-state index contributed by atoms with van der Waals surface area (Å²) in [6, 6.07) is 18.1. The fourth-order valence-corrected chi connectivity index (χ4v) is 6.93. The second-order valence-electron chi connectivity index (χ2n) is 11.0. The zero-order chi connectivity index (χ0) is 35.7. The minimum absolute atomic E-state index is 0.0227. The summed E-state index contributed by atoms with van der Waals surface area (Å²) in [5.41, 5.74) is 5.63. The molecular weight excluding hydrogens is 694 g/mol. The Morgan fingerprint density at radius 3 is 1.64 bits per heavy atom. The average Bonchev–Trinajstić information content (AvgIpc) is 3.74. The van der Waals surface area contributed by atoms with Gasteiger partial charge in [0.1, 0.15) is 11.5 Å². The van der Waals surface area contributed by atoms with E-state index in [-0.39, 0.29) is 11.5 Å². The number of benzene rings is 2. The molecule has 2 unspecified atom stereocenters. The second kappa shape index (κ2) is 16.8.